The van der Waals surface area contributed by atoms with Gasteiger partial charge in [0.2, 0.25) is 11.8 Å². The molecule has 5 atom stereocenters. The average molecular weight is 502 g/mol. The van der Waals surface area contributed by atoms with Crippen molar-refractivity contribution in [3.05, 3.63) is 40.4 Å². The molecule has 3 heterocycles. The number of ether oxygens (including phenoxy) is 2. The van der Waals surface area contributed by atoms with E-state index in [-0.39, 0.29) is 41.0 Å². The van der Waals surface area contributed by atoms with Crippen LogP contribution in [0.2, 0.25) is 0 Å². The van der Waals surface area contributed by atoms with Crippen LogP contribution in [0, 0.1) is 11.8 Å². The average Bonchev–Trinajstić information content (AvgIpc) is 3.36. The van der Waals surface area contributed by atoms with Crippen LogP contribution < -0.4 is 4.90 Å². The lowest BCUT2D eigenvalue weighted by Crippen LogP contribution is -2.59. The quantitative estimate of drug-likeness (QED) is 0.432. The lowest BCUT2D eigenvalue weighted by atomic mass is 9.84. The van der Waals surface area contributed by atoms with E-state index in [0.717, 1.165) is 4.91 Å². The first-order chi connectivity index (χ1) is 16.6. The molecule has 3 aliphatic heterocycles. The number of carbonyl (C=O) groups is 4. The lowest BCUT2D eigenvalue weighted by molar-refractivity contribution is -0.156. The minimum absolute atomic E-state index is 0.0242. The van der Waals surface area contributed by atoms with Crippen molar-refractivity contribution in [2.24, 2.45) is 11.8 Å². The molecule has 2 fully saturated rings. The summed E-state index contributed by atoms with van der Waals surface area (Å²) in [6.07, 6.45) is 0.597. The van der Waals surface area contributed by atoms with E-state index < -0.39 is 11.9 Å². The summed E-state index contributed by atoms with van der Waals surface area (Å²) in [6, 6.07) is 6.41. The van der Waals surface area contributed by atoms with Gasteiger partial charge in [-0.05, 0) is 31.7 Å². The van der Waals surface area contributed by atoms with Gasteiger partial charge in [-0.2, -0.15) is 0 Å². The minimum atomic E-state index is -0.494. The van der Waals surface area contributed by atoms with Crippen molar-refractivity contribution in [1.82, 2.24) is 9.80 Å². The fraction of sp³-hybridized carbons (Fsp3) is 0.520. The van der Waals surface area contributed by atoms with Crippen molar-refractivity contribution < 1.29 is 28.7 Å². The van der Waals surface area contributed by atoms with Crippen LogP contribution >= 0.6 is 11.8 Å². The molecule has 0 saturated carbocycles. The zero-order valence-corrected chi connectivity index (χ0v) is 21.6. The molecular weight excluding hydrogens is 470 g/mol. The molecular formula is C25H31N3O6S. The van der Waals surface area contributed by atoms with Crippen LogP contribution in [-0.4, -0.2) is 85.7 Å². The van der Waals surface area contributed by atoms with Crippen molar-refractivity contribution in [2.45, 2.75) is 37.6 Å². The summed E-state index contributed by atoms with van der Waals surface area (Å²) in [5.41, 5.74) is 1.34. The molecule has 4 rings (SSSR count). The Kier molecular flexibility index (Phi) is 6.97. The van der Waals surface area contributed by atoms with E-state index in [9.17, 15) is 19.2 Å². The highest BCUT2D eigenvalue weighted by molar-refractivity contribution is 8.03. The van der Waals surface area contributed by atoms with E-state index in [1.807, 2.05) is 25.8 Å². The molecule has 0 bridgehead atoms. The highest BCUT2D eigenvalue weighted by Gasteiger charge is 2.57. The van der Waals surface area contributed by atoms with Gasteiger partial charge in [0.05, 0.1) is 37.8 Å². The van der Waals surface area contributed by atoms with E-state index in [0.29, 0.717) is 29.9 Å². The number of thioether (sulfide) groups is 1. The van der Waals surface area contributed by atoms with Crippen molar-refractivity contribution >= 4 is 41.2 Å². The van der Waals surface area contributed by atoms with Crippen LogP contribution in [0.5, 0.6) is 0 Å². The third-order valence-electron chi connectivity index (χ3n) is 7.29. The summed E-state index contributed by atoms with van der Waals surface area (Å²) in [5, 5.41) is 0.0740. The Hall–Kier alpha value is -2.85. The summed E-state index contributed by atoms with van der Waals surface area (Å²) in [7, 11) is 6.25. The van der Waals surface area contributed by atoms with Gasteiger partial charge >= 0.3 is 11.9 Å². The molecule has 9 nitrogen and oxygen atoms in total. The zero-order chi connectivity index (χ0) is 25.6. The fourth-order valence-corrected chi connectivity index (χ4v) is 6.93. The predicted molar refractivity (Wildman–Crippen MR) is 132 cm³/mol. The molecule has 0 radical (unpaired) electrons. The van der Waals surface area contributed by atoms with Crippen molar-refractivity contribution in [3.8, 4) is 0 Å². The number of methoxy groups -OCH3 is 2. The van der Waals surface area contributed by atoms with E-state index in [1.165, 1.54) is 14.2 Å². The Balaban J connectivity index is 1.50. The summed E-state index contributed by atoms with van der Waals surface area (Å²) >= 11 is 1.58. The summed E-state index contributed by atoms with van der Waals surface area (Å²) < 4.78 is 9.79. The highest BCUT2D eigenvalue weighted by Crippen LogP contribution is 2.51. The van der Waals surface area contributed by atoms with Crippen LogP contribution in [0.25, 0.3) is 0 Å². The van der Waals surface area contributed by atoms with Gasteiger partial charge < -0.3 is 19.3 Å². The van der Waals surface area contributed by atoms with Gasteiger partial charge in [0.15, 0.2) is 0 Å². The van der Waals surface area contributed by atoms with Gasteiger partial charge in [0.25, 0.3) is 0 Å². The number of anilines is 1. The summed E-state index contributed by atoms with van der Waals surface area (Å²) in [4.78, 5) is 56.4. The smallest absolute Gasteiger partial charge is 0.355 e. The van der Waals surface area contributed by atoms with Gasteiger partial charge in [-0.15, -0.1) is 11.8 Å². The van der Waals surface area contributed by atoms with E-state index >= 15 is 0 Å². The van der Waals surface area contributed by atoms with E-state index in [1.54, 1.807) is 52.9 Å². The van der Waals surface area contributed by atoms with Gasteiger partial charge in [0.1, 0.15) is 5.70 Å². The predicted octanol–water partition coefficient (Wildman–Crippen LogP) is 2.12. The molecule has 0 aromatic heterocycles. The maximum atomic E-state index is 13.4. The van der Waals surface area contributed by atoms with Gasteiger partial charge in [-0.25, -0.2) is 9.59 Å². The zero-order valence-electron chi connectivity index (χ0n) is 20.8. The second-order valence-electron chi connectivity index (χ2n) is 9.35. The number of likely N-dealkylation sites (tertiary alicyclic amines) is 1. The molecule has 1 aromatic rings. The topological polar surface area (TPSA) is 96.5 Å². The number of esters is 2. The number of β-lactam (4-membered cyclic amide) rings is 1. The summed E-state index contributed by atoms with van der Waals surface area (Å²) in [6.45, 7) is 4.60. The van der Waals surface area contributed by atoms with E-state index in [2.05, 4.69) is 0 Å². The first-order valence-electron chi connectivity index (χ1n) is 11.6. The Morgan fingerprint density at radius 1 is 1.09 bits per heavy atom. The second kappa shape index (κ2) is 9.66. The monoisotopic (exact) mass is 501 g/mol. The fourth-order valence-electron chi connectivity index (χ4n) is 5.33. The maximum absolute atomic E-state index is 13.4. The summed E-state index contributed by atoms with van der Waals surface area (Å²) in [5.74, 6) is -1.17. The molecule has 0 aliphatic carbocycles. The third kappa shape index (κ3) is 4.23. The first-order valence-corrected chi connectivity index (χ1v) is 12.5. The Labute approximate surface area is 209 Å². The normalized spacial score (nSPS) is 28.0. The number of rotatable bonds is 6. The molecule has 10 heteroatoms. The lowest BCUT2D eigenvalue weighted by Gasteiger charge is -2.43. The Bertz CT molecular complexity index is 1100. The largest absolute Gasteiger partial charge is 0.465 e. The van der Waals surface area contributed by atoms with Crippen molar-refractivity contribution in [1.29, 1.82) is 0 Å². The number of nitrogens with zero attached hydrogens (tertiary/aromatic N) is 3. The van der Waals surface area contributed by atoms with Crippen LogP contribution in [0.15, 0.2) is 34.9 Å². The molecule has 2 amide bonds. The van der Waals surface area contributed by atoms with Crippen LogP contribution in [0.3, 0.4) is 0 Å². The Morgan fingerprint density at radius 3 is 2.43 bits per heavy atom. The van der Waals surface area contributed by atoms with Gasteiger partial charge in [-0.3, -0.25) is 14.5 Å². The number of amides is 2. The standard InChI is InChI=1S/C25H31N3O6S/c1-13-19-14(2)22(29)28(19)20(25(32)34-6)21(13)35-17-11-18(26(3)12-17)23(30)27(4)16-9-7-8-15(10-16)24(31)33-5/h7-10,13-14,17-19H,11-12H2,1-6H3. The minimum Gasteiger partial charge on any atom is -0.465 e. The molecule has 3 aliphatic rings. The van der Waals surface area contributed by atoms with E-state index in [4.69, 9.17) is 9.47 Å². The molecule has 5 unspecified atom stereocenters. The number of carbonyl (C=O) groups excluding carboxylic acids is 4. The van der Waals surface area contributed by atoms with Crippen LogP contribution in [0.1, 0.15) is 30.6 Å². The molecule has 188 valence electrons. The molecule has 1 aromatic carbocycles. The number of likely N-dealkylation sites (N-methyl/N-ethyl adjacent to an activating group) is 2. The van der Waals surface area contributed by atoms with Gasteiger partial charge in [-0.1, -0.05) is 19.9 Å². The SMILES string of the molecule is COC(=O)C1=C(SC2CC(C(=O)N(C)c3cccc(C(=O)OC)c3)N(C)C2)C(C)C2C(C)C(=O)N12. The van der Waals surface area contributed by atoms with Crippen molar-refractivity contribution in [2.75, 3.05) is 39.8 Å². The maximum Gasteiger partial charge on any atom is 0.355 e. The second-order valence-corrected chi connectivity index (χ2v) is 10.7. The first kappa shape index (κ1) is 25.2. The highest BCUT2D eigenvalue weighted by atomic mass is 32.2. The number of benzene rings is 1. The van der Waals surface area contributed by atoms with Crippen molar-refractivity contribution in [3.63, 3.8) is 0 Å². The Morgan fingerprint density at radius 2 is 1.77 bits per heavy atom. The molecule has 0 spiro atoms. The number of fused-ring (bicyclic) bond motifs is 1. The van der Waals surface area contributed by atoms with Crippen LogP contribution in [-0.2, 0) is 23.9 Å². The molecule has 0 N–H and O–H groups in total. The van der Waals surface area contributed by atoms with Crippen LogP contribution in [0.4, 0.5) is 5.69 Å². The van der Waals surface area contributed by atoms with Gasteiger partial charge in [0, 0.05) is 35.4 Å². The molecule has 35 heavy (non-hydrogen) atoms. The number of hydrogen-bond donors (Lipinski definition) is 0. The molecule has 2 saturated heterocycles. The third-order valence-corrected chi connectivity index (χ3v) is 8.78. The number of hydrogen-bond acceptors (Lipinski definition) is 8.